The van der Waals surface area contributed by atoms with Gasteiger partial charge in [-0.05, 0) is 73.5 Å². The number of hydrogen-bond acceptors (Lipinski definition) is 3. The lowest BCUT2D eigenvalue weighted by Gasteiger charge is -2.50. The monoisotopic (exact) mass is 364 g/mol. The molecule has 1 atom stereocenters. The lowest BCUT2D eigenvalue weighted by Crippen LogP contribution is -2.51. The van der Waals surface area contributed by atoms with Gasteiger partial charge in [-0.2, -0.15) is 0 Å². The number of hydrogen-bond donors (Lipinski definition) is 1. The lowest BCUT2D eigenvalue weighted by atomic mass is 9.68. The van der Waals surface area contributed by atoms with Crippen LogP contribution in [0.4, 0.5) is 0 Å². The molecular weight excluding hydrogens is 332 g/mol. The van der Waals surface area contributed by atoms with E-state index in [0.717, 1.165) is 26.2 Å². The maximum Gasteiger partial charge on any atom is 0.115 e. The van der Waals surface area contributed by atoms with E-state index in [1.807, 2.05) is 12.1 Å². The van der Waals surface area contributed by atoms with Crippen molar-refractivity contribution in [2.24, 2.45) is 5.41 Å². The molecule has 3 heteroatoms. The van der Waals surface area contributed by atoms with E-state index in [1.165, 1.54) is 43.5 Å². The van der Waals surface area contributed by atoms with Gasteiger partial charge in [0, 0.05) is 19.6 Å². The Morgan fingerprint density at radius 1 is 1.00 bits per heavy atom. The number of piperidine rings is 2. The molecule has 1 spiro atoms. The van der Waals surface area contributed by atoms with E-state index in [9.17, 15) is 5.11 Å². The van der Waals surface area contributed by atoms with Gasteiger partial charge in [-0.3, -0.25) is 4.90 Å². The highest BCUT2D eigenvalue weighted by molar-refractivity contribution is 5.27. The third-order valence-corrected chi connectivity index (χ3v) is 6.67. The first-order valence-electron chi connectivity index (χ1n) is 10.4. The fourth-order valence-corrected chi connectivity index (χ4v) is 5.15. The van der Waals surface area contributed by atoms with Gasteiger partial charge in [0.1, 0.15) is 5.75 Å². The van der Waals surface area contributed by atoms with Crippen LogP contribution < -0.4 is 0 Å². The van der Waals surface area contributed by atoms with Gasteiger partial charge >= 0.3 is 0 Å². The summed E-state index contributed by atoms with van der Waals surface area (Å²) in [6.07, 6.45) is 3.89. The Bertz CT molecular complexity index is 737. The highest BCUT2D eigenvalue weighted by Crippen LogP contribution is 2.45. The van der Waals surface area contributed by atoms with E-state index < -0.39 is 0 Å². The van der Waals surface area contributed by atoms with Gasteiger partial charge in [-0.25, -0.2) is 0 Å². The fourth-order valence-electron chi connectivity index (χ4n) is 5.15. The number of phenolic OH excluding ortho intramolecular Hbond substituents is 1. The predicted molar refractivity (Wildman–Crippen MR) is 111 cm³/mol. The summed E-state index contributed by atoms with van der Waals surface area (Å²) in [6, 6.07) is 18.8. The third kappa shape index (κ3) is 4.36. The summed E-state index contributed by atoms with van der Waals surface area (Å²) in [6.45, 7) is 9.19. The first kappa shape index (κ1) is 18.5. The van der Waals surface area contributed by atoms with Gasteiger partial charge in [0.05, 0.1) is 0 Å². The van der Waals surface area contributed by atoms with Crippen molar-refractivity contribution in [2.45, 2.75) is 38.6 Å². The Morgan fingerprint density at radius 3 is 2.48 bits per heavy atom. The van der Waals surface area contributed by atoms with Gasteiger partial charge in [-0.15, -0.1) is 0 Å². The Kier molecular flexibility index (Phi) is 5.51. The summed E-state index contributed by atoms with van der Waals surface area (Å²) < 4.78 is 0. The maximum atomic E-state index is 9.71. The second-order valence-corrected chi connectivity index (χ2v) is 8.59. The van der Waals surface area contributed by atoms with Crippen LogP contribution in [-0.2, 0) is 6.54 Å². The summed E-state index contributed by atoms with van der Waals surface area (Å²) in [5.74, 6) is 1.04. The van der Waals surface area contributed by atoms with E-state index in [2.05, 4.69) is 53.1 Å². The highest BCUT2D eigenvalue weighted by Gasteiger charge is 2.41. The third-order valence-electron chi connectivity index (χ3n) is 6.67. The van der Waals surface area contributed by atoms with Gasteiger partial charge < -0.3 is 10.0 Å². The number of benzene rings is 2. The SMILES string of the molecule is CCN1CC(c2ccccc2)CC2(CCN(Cc3cccc(O)c3)CC2)C1. The second kappa shape index (κ2) is 8.04. The molecule has 0 radical (unpaired) electrons. The van der Waals surface area contributed by atoms with Crippen molar-refractivity contribution in [2.75, 3.05) is 32.7 Å². The summed E-state index contributed by atoms with van der Waals surface area (Å²) in [5.41, 5.74) is 3.19. The van der Waals surface area contributed by atoms with E-state index in [-0.39, 0.29) is 0 Å². The van der Waals surface area contributed by atoms with Gasteiger partial charge in [0.2, 0.25) is 0 Å². The van der Waals surface area contributed by atoms with Crippen LogP contribution in [0.2, 0.25) is 0 Å². The van der Waals surface area contributed by atoms with Crippen LogP contribution in [0.3, 0.4) is 0 Å². The smallest absolute Gasteiger partial charge is 0.115 e. The molecule has 2 aliphatic rings. The zero-order valence-electron chi connectivity index (χ0n) is 16.5. The van der Waals surface area contributed by atoms with Crippen molar-refractivity contribution < 1.29 is 5.11 Å². The topological polar surface area (TPSA) is 26.7 Å². The Labute approximate surface area is 163 Å². The second-order valence-electron chi connectivity index (χ2n) is 8.59. The molecular formula is C24H32N2O. The standard InChI is InChI=1S/C24H32N2O/c1-2-25-18-22(21-8-4-3-5-9-21)16-24(19-25)11-13-26(14-12-24)17-20-7-6-10-23(27)15-20/h3-10,15,22,27H,2,11-14,16-19H2,1H3. The van der Waals surface area contributed by atoms with E-state index in [0.29, 0.717) is 17.1 Å². The number of likely N-dealkylation sites (tertiary alicyclic amines) is 2. The predicted octanol–water partition coefficient (Wildman–Crippen LogP) is 4.48. The molecule has 3 nitrogen and oxygen atoms in total. The van der Waals surface area contributed by atoms with E-state index in [1.54, 1.807) is 6.07 Å². The maximum absolute atomic E-state index is 9.71. The van der Waals surface area contributed by atoms with Crippen LogP contribution in [0.1, 0.15) is 43.2 Å². The largest absolute Gasteiger partial charge is 0.508 e. The average Bonchev–Trinajstić information content (AvgIpc) is 2.70. The number of likely N-dealkylation sites (N-methyl/N-ethyl adjacent to an activating group) is 1. The van der Waals surface area contributed by atoms with Crippen molar-refractivity contribution in [3.05, 3.63) is 65.7 Å². The normalized spacial score (nSPS) is 23.5. The van der Waals surface area contributed by atoms with Crippen molar-refractivity contribution in [1.82, 2.24) is 9.80 Å². The molecule has 0 saturated carbocycles. The zero-order chi connectivity index (χ0) is 18.7. The van der Waals surface area contributed by atoms with Crippen LogP contribution in [0, 0.1) is 5.41 Å². The summed E-state index contributed by atoms with van der Waals surface area (Å²) in [7, 11) is 0. The Hall–Kier alpha value is -1.84. The van der Waals surface area contributed by atoms with Crippen LogP contribution >= 0.6 is 0 Å². The first-order chi connectivity index (χ1) is 13.2. The number of aromatic hydroxyl groups is 1. The number of rotatable bonds is 4. The molecule has 2 aliphatic heterocycles. The number of nitrogens with zero attached hydrogens (tertiary/aromatic N) is 2. The van der Waals surface area contributed by atoms with Crippen LogP contribution in [-0.4, -0.2) is 47.6 Å². The summed E-state index contributed by atoms with van der Waals surface area (Å²) in [4.78, 5) is 5.23. The van der Waals surface area contributed by atoms with Crippen molar-refractivity contribution >= 4 is 0 Å². The van der Waals surface area contributed by atoms with E-state index in [4.69, 9.17) is 0 Å². The summed E-state index contributed by atoms with van der Waals surface area (Å²) in [5, 5.41) is 9.71. The van der Waals surface area contributed by atoms with Crippen LogP contribution in [0.15, 0.2) is 54.6 Å². The summed E-state index contributed by atoms with van der Waals surface area (Å²) >= 11 is 0. The molecule has 0 aliphatic carbocycles. The molecule has 0 aromatic heterocycles. The lowest BCUT2D eigenvalue weighted by molar-refractivity contribution is 0.0137. The molecule has 2 aromatic rings. The van der Waals surface area contributed by atoms with Gasteiger partial charge in [0.15, 0.2) is 0 Å². The minimum atomic E-state index is 0.373. The van der Waals surface area contributed by atoms with Crippen LogP contribution in [0.5, 0.6) is 5.75 Å². The molecule has 2 fully saturated rings. The minimum absolute atomic E-state index is 0.373. The molecule has 27 heavy (non-hydrogen) atoms. The zero-order valence-corrected chi connectivity index (χ0v) is 16.5. The Balaban J connectivity index is 1.42. The fraction of sp³-hybridized carbons (Fsp3) is 0.500. The molecule has 0 amide bonds. The Morgan fingerprint density at radius 2 is 1.78 bits per heavy atom. The minimum Gasteiger partial charge on any atom is -0.508 e. The van der Waals surface area contributed by atoms with Crippen molar-refractivity contribution in [1.29, 1.82) is 0 Å². The molecule has 1 unspecified atom stereocenters. The van der Waals surface area contributed by atoms with Crippen molar-refractivity contribution in [3.8, 4) is 5.75 Å². The molecule has 144 valence electrons. The van der Waals surface area contributed by atoms with Crippen LogP contribution in [0.25, 0.3) is 0 Å². The molecule has 0 bridgehead atoms. The van der Waals surface area contributed by atoms with Gasteiger partial charge in [0.25, 0.3) is 0 Å². The quantitative estimate of drug-likeness (QED) is 0.866. The highest BCUT2D eigenvalue weighted by atomic mass is 16.3. The molecule has 2 heterocycles. The van der Waals surface area contributed by atoms with Crippen molar-refractivity contribution in [3.63, 3.8) is 0 Å². The molecule has 2 saturated heterocycles. The van der Waals surface area contributed by atoms with Gasteiger partial charge in [-0.1, -0.05) is 49.4 Å². The molecule has 4 rings (SSSR count). The molecule has 2 aromatic carbocycles. The van der Waals surface area contributed by atoms with E-state index >= 15 is 0 Å². The average molecular weight is 365 g/mol. The number of phenols is 1. The first-order valence-corrected chi connectivity index (χ1v) is 10.4. The molecule has 1 N–H and O–H groups in total.